The van der Waals surface area contributed by atoms with E-state index in [9.17, 15) is 19.5 Å². The van der Waals surface area contributed by atoms with Gasteiger partial charge >= 0.3 is 11.9 Å². The molecule has 2 saturated carbocycles. The van der Waals surface area contributed by atoms with Crippen LogP contribution in [0.1, 0.15) is 53.9 Å². The highest BCUT2D eigenvalue weighted by molar-refractivity contribution is 5.94. The zero-order valence-corrected chi connectivity index (χ0v) is 19.3. The first kappa shape index (κ1) is 25.3. The quantitative estimate of drug-likeness (QED) is 0.269. The molecule has 2 rings (SSSR count). The maximum atomic E-state index is 13.1. The third kappa shape index (κ3) is 5.47. The maximum Gasteiger partial charge on any atom is 0.332 e. The number of ether oxygens (including phenoxy) is 2. The highest BCUT2D eigenvalue weighted by atomic mass is 16.6. The minimum absolute atomic E-state index is 0.0329. The van der Waals surface area contributed by atoms with Crippen LogP contribution in [0.25, 0.3) is 0 Å². The molecule has 8 nitrogen and oxygen atoms in total. The Morgan fingerprint density at radius 2 is 1.77 bits per heavy atom. The van der Waals surface area contributed by atoms with Gasteiger partial charge in [-0.25, -0.2) is 4.79 Å². The first-order valence-electron chi connectivity index (χ1n) is 11.2. The molecule has 0 saturated heterocycles. The van der Waals surface area contributed by atoms with Gasteiger partial charge in [0.25, 0.3) is 0 Å². The normalized spacial score (nSPS) is 30.9. The number of nitrogens with one attached hydrogen (secondary N) is 1. The van der Waals surface area contributed by atoms with E-state index in [2.05, 4.69) is 11.9 Å². The molecule has 0 aliphatic heterocycles. The molecule has 0 radical (unpaired) electrons. The number of carbonyl (C=O) groups excluding carboxylic acids is 3. The van der Waals surface area contributed by atoms with Crippen LogP contribution in [-0.2, 0) is 23.9 Å². The number of hydrogen-bond donors (Lipinski definition) is 3. The fraction of sp³-hybridized carbons (Fsp3) is 0.783. The van der Waals surface area contributed by atoms with Crippen LogP contribution < -0.4 is 11.1 Å². The zero-order valence-electron chi connectivity index (χ0n) is 19.3. The van der Waals surface area contributed by atoms with Gasteiger partial charge in [0.2, 0.25) is 5.91 Å². The molecule has 2 aliphatic carbocycles. The standard InChI is InChI=1S/C23H38N2O6/c1-7-14-11-23(14,22(29)30-8-2)25-20(27)16-9-15(26)10-17(16)21(28)31-19(24)18(12(3)4)13(5)6/h7,12-19,26H,1,8-11,24H2,2-6H3,(H,25,27). The van der Waals surface area contributed by atoms with Crippen LogP contribution in [0.15, 0.2) is 12.7 Å². The van der Waals surface area contributed by atoms with Gasteiger partial charge in [0.15, 0.2) is 6.23 Å². The number of aliphatic hydroxyl groups excluding tert-OH is 1. The van der Waals surface area contributed by atoms with Crippen LogP contribution in [0.2, 0.25) is 0 Å². The maximum absolute atomic E-state index is 13.1. The number of hydrogen-bond acceptors (Lipinski definition) is 7. The molecule has 0 aromatic rings. The molecule has 176 valence electrons. The van der Waals surface area contributed by atoms with E-state index in [-0.39, 0.29) is 43.1 Å². The minimum Gasteiger partial charge on any atom is -0.464 e. The summed E-state index contributed by atoms with van der Waals surface area (Å²) in [5.41, 5.74) is 5.04. The summed E-state index contributed by atoms with van der Waals surface area (Å²) in [5.74, 6) is -3.01. The van der Waals surface area contributed by atoms with Crippen molar-refractivity contribution in [2.24, 2.45) is 41.2 Å². The van der Waals surface area contributed by atoms with Gasteiger partial charge in [-0.1, -0.05) is 33.8 Å². The first-order chi connectivity index (χ1) is 14.5. The fourth-order valence-corrected chi connectivity index (χ4v) is 4.96. The van der Waals surface area contributed by atoms with Crippen molar-refractivity contribution in [1.29, 1.82) is 0 Å². The predicted octanol–water partition coefficient (Wildman–Crippen LogP) is 1.75. The number of esters is 2. The van der Waals surface area contributed by atoms with E-state index in [1.54, 1.807) is 13.0 Å². The van der Waals surface area contributed by atoms with E-state index in [4.69, 9.17) is 15.2 Å². The van der Waals surface area contributed by atoms with Gasteiger partial charge in [0.05, 0.1) is 24.5 Å². The lowest BCUT2D eigenvalue weighted by atomic mass is 9.84. The molecule has 6 unspecified atom stereocenters. The second-order valence-electron chi connectivity index (χ2n) is 9.53. The molecular formula is C23H38N2O6. The van der Waals surface area contributed by atoms with Gasteiger partial charge in [0, 0.05) is 11.8 Å². The van der Waals surface area contributed by atoms with Gasteiger partial charge in [-0.05, 0) is 38.0 Å². The lowest BCUT2D eigenvalue weighted by Gasteiger charge is -2.31. The Hall–Kier alpha value is -1.93. The third-order valence-corrected chi connectivity index (χ3v) is 6.63. The molecule has 2 aliphatic rings. The van der Waals surface area contributed by atoms with E-state index in [1.165, 1.54) is 0 Å². The summed E-state index contributed by atoms with van der Waals surface area (Å²) in [4.78, 5) is 38.4. The summed E-state index contributed by atoms with van der Waals surface area (Å²) in [6.07, 6.45) is 0.659. The van der Waals surface area contributed by atoms with Crippen molar-refractivity contribution in [3.05, 3.63) is 12.7 Å². The number of amides is 1. The summed E-state index contributed by atoms with van der Waals surface area (Å²) >= 11 is 0. The molecule has 0 heterocycles. The van der Waals surface area contributed by atoms with Gasteiger partial charge in [-0.15, -0.1) is 6.58 Å². The first-order valence-corrected chi connectivity index (χ1v) is 11.2. The fourth-order valence-electron chi connectivity index (χ4n) is 4.96. The summed E-state index contributed by atoms with van der Waals surface area (Å²) in [6, 6.07) is 0. The van der Waals surface area contributed by atoms with Crippen molar-refractivity contribution in [1.82, 2.24) is 5.32 Å². The van der Waals surface area contributed by atoms with Crippen LogP contribution in [0.5, 0.6) is 0 Å². The van der Waals surface area contributed by atoms with Crippen molar-refractivity contribution in [2.45, 2.75) is 71.8 Å². The van der Waals surface area contributed by atoms with Crippen LogP contribution in [0.3, 0.4) is 0 Å². The van der Waals surface area contributed by atoms with Gasteiger partial charge in [-0.3, -0.25) is 15.3 Å². The molecule has 31 heavy (non-hydrogen) atoms. The molecule has 0 spiro atoms. The van der Waals surface area contributed by atoms with Crippen LogP contribution in [0.4, 0.5) is 0 Å². The summed E-state index contributed by atoms with van der Waals surface area (Å²) in [5, 5.41) is 12.9. The lowest BCUT2D eigenvalue weighted by Crippen LogP contribution is -2.49. The number of carbonyl (C=O) groups is 3. The Kier molecular flexibility index (Phi) is 8.27. The highest BCUT2D eigenvalue weighted by Gasteiger charge is 2.62. The van der Waals surface area contributed by atoms with Crippen LogP contribution in [-0.4, -0.2) is 47.4 Å². The Morgan fingerprint density at radius 3 is 2.26 bits per heavy atom. The second kappa shape index (κ2) is 10.1. The summed E-state index contributed by atoms with van der Waals surface area (Å²) in [6.45, 7) is 13.7. The third-order valence-electron chi connectivity index (χ3n) is 6.63. The largest absolute Gasteiger partial charge is 0.464 e. The van der Waals surface area contributed by atoms with E-state index in [0.717, 1.165) is 0 Å². The average Bonchev–Trinajstić information content (AvgIpc) is 3.23. The monoisotopic (exact) mass is 438 g/mol. The molecule has 6 atom stereocenters. The number of rotatable bonds is 10. The van der Waals surface area contributed by atoms with Gasteiger partial charge in [0.1, 0.15) is 5.54 Å². The average molecular weight is 439 g/mol. The van der Waals surface area contributed by atoms with Crippen molar-refractivity contribution < 1.29 is 29.0 Å². The summed E-state index contributed by atoms with van der Waals surface area (Å²) in [7, 11) is 0. The van der Waals surface area contributed by atoms with E-state index in [1.807, 2.05) is 27.7 Å². The second-order valence-corrected chi connectivity index (χ2v) is 9.53. The Morgan fingerprint density at radius 1 is 1.19 bits per heavy atom. The number of aliphatic hydroxyl groups is 1. The Balaban J connectivity index is 2.11. The molecule has 8 heteroatoms. The topological polar surface area (TPSA) is 128 Å². The molecule has 4 N–H and O–H groups in total. The summed E-state index contributed by atoms with van der Waals surface area (Å²) < 4.78 is 10.7. The minimum atomic E-state index is -1.15. The van der Waals surface area contributed by atoms with Gasteiger partial charge < -0.3 is 19.9 Å². The highest BCUT2D eigenvalue weighted by Crippen LogP contribution is 2.46. The Labute approximate surface area is 184 Å². The van der Waals surface area contributed by atoms with E-state index >= 15 is 0 Å². The Bertz CT molecular complexity index is 686. The lowest BCUT2D eigenvalue weighted by molar-refractivity contribution is -0.162. The van der Waals surface area contributed by atoms with Crippen LogP contribution >= 0.6 is 0 Å². The van der Waals surface area contributed by atoms with E-state index < -0.39 is 47.6 Å². The predicted molar refractivity (Wildman–Crippen MR) is 115 cm³/mol. The molecular weight excluding hydrogens is 400 g/mol. The molecule has 0 bridgehead atoms. The van der Waals surface area contributed by atoms with E-state index in [0.29, 0.717) is 6.42 Å². The molecule has 0 aromatic heterocycles. The zero-order chi connectivity index (χ0) is 23.5. The van der Waals surface area contributed by atoms with Crippen molar-refractivity contribution in [2.75, 3.05) is 6.61 Å². The van der Waals surface area contributed by atoms with Crippen LogP contribution in [0, 0.1) is 35.5 Å². The SMILES string of the molecule is C=CC1CC1(NC(=O)C1CC(O)CC1C(=O)OC(N)C(C(C)C)C(C)C)C(=O)OCC. The van der Waals surface area contributed by atoms with Crippen molar-refractivity contribution in [3.8, 4) is 0 Å². The van der Waals surface area contributed by atoms with Crippen molar-refractivity contribution >= 4 is 17.8 Å². The smallest absolute Gasteiger partial charge is 0.332 e. The molecule has 2 fully saturated rings. The number of nitrogens with two attached hydrogens (primary N) is 1. The molecule has 1 amide bonds. The van der Waals surface area contributed by atoms with Crippen molar-refractivity contribution in [3.63, 3.8) is 0 Å². The van der Waals surface area contributed by atoms with Gasteiger partial charge in [-0.2, -0.15) is 0 Å². The molecule has 0 aromatic carbocycles.